The van der Waals surface area contributed by atoms with Crippen molar-refractivity contribution in [3.8, 4) is 0 Å². The molecule has 0 spiro atoms. The minimum absolute atomic E-state index is 0.275. The van der Waals surface area contributed by atoms with Crippen LogP contribution in [0.15, 0.2) is 29.6 Å². The third-order valence-electron chi connectivity index (χ3n) is 4.41. The number of aryl methyl sites for hydroxylation is 1. The number of ether oxygens (including phenoxy) is 1. The zero-order valence-corrected chi connectivity index (χ0v) is 13.5. The van der Waals surface area contributed by atoms with Crippen molar-refractivity contribution in [2.24, 2.45) is 0 Å². The van der Waals surface area contributed by atoms with Crippen LogP contribution in [0.4, 0.5) is 5.82 Å². The number of rotatable bonds is 3. The lowest BCUT2D eigenvalue weighted by Gasteiger charge is -2.37. The van der Waals surface area contributed by atoms with Crippen molar-refractivity contribution in [2.75, 3.05) is 31.1 Å². The van der Waals surface area contributed by atoms with Crippen LogP contribution < -0.4 is 4.90 Å². The number of fused-ring (bicyclic) bond motifs is 1. The Bertz CT molecular complexity index is 616. The highest BCUT2D eigenvalue weighted by Gasteiger charge is 2.40. The maximum atomic E-state index is 6.00. The van der Waals surface area contributed by atoms with Crippen molar-refractivity contribution in [1.82, 2.24) is 15.1 Å². The van der Waals surface area contributed by atoms with E-state index in [0.29, 0.717) is 6.04 Å². The lowest BCUT2D eigenvalue weighted by atomic mass is 10.1. The number of morpholine rings is 1. The molecule has 2 fully saturated rings. The predicted octanol–water partition coefficient (Wildman–Crippen LogP) is 1.94. The molecule has 0 aliphatic carbocycles. The van der Waals surface area contributed by atoms with Crippen LogP contribution in [0, 0.1) is 6.92 Å². The third kappa shape index (κ3) is 2.74. The Morgan fingerprint density at radius 2 is 2.23 bits per heavy atom. The van der Waals surface area contributed by atoms with Crippen molar-refractivity contribution < 1.29 is 4.74 Å². The Labute approximate surface area is 134 Å². The Hall–Kier alpha value is -1.50. The minimum Gasteiger partial charge on any atom is -0.373 e. The van der Waals surface area contributed by atoms with E-state index in [1.807, 2.05) is 24.3 Å². The molecule has 22 heavy (non-hydrogen) atoms. The Morgan fingerprint density at radius 3 is 3.00 bits per heavy atom. The quantitative estimate of drug-likeness (QED) is 0.865. The van der Waals surface area contributed by atoms with Crippen LogP contribution in [0.5, 0.6) is 0 Å². The second-order valence-electron chi connectivity index (χ2n) is 5.98. The van der Waals surface area contributed by atoms with E-state index < -0.39 is 0 Å². The summed E-state index contributed by atoms with van der Waals surface area (Å²) < 4.78 is 6.00. The average molecular weight is 316 g/mol. The number of anilines is 1. The molecule has 0 bridgehead atoms. The molecule has 2 saturated heterocycles. The summed E-state index contributed by atoms with van der Waals surface area (Å²) in [6, 6.07) is 8.81. The first-order valence-corrected chi connectivity index (χ1v) is 8.61. The van der Waals surface area contributed by atoms with Crippen LogP contribution in [-0.4, -0.2) is 53.5 Å². The van der Waals surface area contributed by atoms with Gasteiger partial charge >= 0.3 is 0 Å². The van der Waals surface area contributed by atoms with Gasteiger partial charge in [-0.25, -0.2) is 0 Å². The fourth-order valence-corrected chi connectivity index (χ4v) is 4.09. The first-order chi connectivity index (χ1) is 10.8. The Balaban J connectivity index is 1.50. The molecule has 2 aromatic heterocycles. The normalized spacial score (nSPS) is 25.4. The SMILES string of the molecule is Cc1ccc(N2CCO[C@@H]3CN(Cc4cccs4)C[C@@H]32)nn1. The molecule has 0 aromatic carbocycles. The molecule has 6 heteroatoms. The van der Waals surface area contributed by atoms with Gasteiger partial charge in [-0.15, -0.1) is 16.4 Å². The van der Waals surface area contributed by atoms with Crippen LogP contribution >= 0.6 is 11.3 Å². The molecule has 0 saturated carbocycles. The Morgan fingerprint density at radius 1 is 1.27 bits per heavy atom. The van der Waals surface area contributed by atoms with Gasteiger partial charge in [-0.1, -0.05) is 6.07 Å². The second-order valence-corrected chi connectivity index (χ2v) is 7.01. The van der Waals surface area contributed by atoms with Crippen molar-refractivity contribution in [3.63, 3.8) is 0 Å². The number of hydrogen-bond acceptors (Lipinski definition) is 6. The molecule has 0 radical (unpaired) electrons. The van der Waals surface area contributed by atoms with Gasteiger partial charge in [-0.05, 0) is 30.5 Å². The summed E-state index contributed by atoms with van der Waals surface area (Å²) in [6.07, 6.45) is 0.275. The van der Waals surface area contributed by atoms with E-state index >= 15 is 0 Å². The van der Waals surface area contributed by atoms with Crippen molar-refractivity contribution in [1.29, 1.82) is 0 Å². The second kappa shape index (κ2) is 5.95. The molecule has 116 valence electrons. The van der Waals surface area contributed by atoms with Gasteiger partial charge < -0.3 is 9.64 Å². The zero-order chi connectivity index (χ0) is 14.9. The molecule has 4 heterocycles. The minimum atomic E-state index is 0.275. The highest BCUT2D eigenvalue weighted by molar-refractivity contribution is 7.09. The van der Waals surface area contributed by atoms with Crippen molar-refractivity contribution in [2.45, 2.75) is 25.6 Å². The standard InChI is InChI=1S/C16H20N4OS/c1-12-4-5-16(18-17-12)20-6-7-21-15-11-19(10-14(15)20)9-13-3-2-8-22-13/h2-5,8,14-15H,6-7,9-11H2,1H3/t14-,15+/m0/s1. The van der Waals surface area contributed by atoms with Crippen molar-refractivity contribution >= 4 is 17.2 Å². The molecule has 2 aromatic rings. The zero-order valence-electron chi connectivity index (χ0n) is 12.7. The molecule has 0 N–H and O–H groups in total. The van der Waals surface area contributed by atoms with Crippen molar-refractivity contribution in [3.05, 3.63) is 40.2 Å². The lowest BCUT2D eigenvalue weighted by molar-refractivity contribution is 0.0303. The first-order valence-electron chi connectivity index (χ1n) is 7.73. The van der Waals surface area contributed by atoms with Crippen LogP contribution in [0.1, 0.15) is 10.6 Å². The van der Waals surface area contributed by atoms with E-state index in [9.17, 15) is 0 Å². The largest absolute Gasteiger partial charge is 0.373 e. The number of hydrogen-bond donors (Lipinski definition) is 0. The summed E-state index contributed by atoms with van der Waals surface area (Å²) in [7, 11) is 0. The van der Waals surface area contributed by atoms with Gasteiger partial charge in [0.1, 0.15) is 0 Å². The van der Waals surface area contributed by atoms with E-state index in [1.165, 1.54) is 4.88 Å². The van der Waals surface area contributed by atoms with E-state index in [2.05, 4.69) is 43.6 Å². The number of thiophene rings is 1. The molecule has 5 nitrogen and oxygen atoms in total. The molecule has 0 unspecified atom stereocenters. The van der Waals surface area contributed by atoms with Gasteiger partial charge in [0.2, 0.25) is 0 Å². The highest BCUT2D eigenvalue weighted by atomic mass is 32.1. The summed E-state index contributed by atoms with van der Waals surface area (Å²) in [5.74, 6) is 0.974. The summed E-state index contributed by atoms with van der Waals surface area (Å²) in [5.41, 5.74) is 0.958. The van der Waals surface area contributed by atoms with Crippen LogP contribution in [0.25, 0.3) is 0 Å². The Kier molecular flexibility index (Phi) is 3.82. The summed E-state index contributed by atoms with van der Waals surface area (Å²) in [4.78, 5) is 6.27. The molecule has 2 aliphatic heterocycles. The van der Waals surface area contributed by atoms with Gasteiger partial charge in [0.15, 0.2) is 5.82 Å². The number of likely N-dealkylation sites (tertiary alicyclic amines) is 1. The highest BCUT2D eigenvalue weighted by Crippen LogP contribution is 2.28. The van der Waals surface area contributed by atoms with Crippen LogP contribution in [0.3, 0.4) is 0 Å². The van der Waals surface area contributed by atoms with Gasteiger partial charge in [0.05, 0.1) is 24.4 Å². The lowest BCUT2D eigenvalue weighted by Crippen LogP contribution is -2.51. The average Bonchev–Trinajstić information content (AvgIpc) is 3.17. The molecule has 2 atom stereocenters. The molecule has 4 rings (SSSR count). The molecular formula is C16H20N4OS. The summed E-state index contributed by atoms with van der Waals surface area (Å²) >= 11 is 1.82. The fourth-order valence-electron chi connectivity index (χ4n) is 3.35. The molecule has 0 amide bonds. The number of aromatic nitrogens is 2. The summed E-state index contributed by atoms with van der Waals surface area (Å²) in [6.45, 7) is 6.67. The third-order valence-corrected chi connectivity index (χ3v) is 5.28. The smallest absolute Gasteiger partial charge is 0.151 e. The van der Waals surface area contributed by atoms with E-state index in [-0.39, 0.29) is 6.10 Å². The molecule has 2 aliphatic rings. The molecular weight excluding hydrogens is 296 g/mol. The first kappa shape index (κ1) is 14.1. The number of nitrogens with zero attached hydrogens (tertiary/aromatic N) is 4. The van der Waals surface area contributed by atoms with Crippen LogP contribution in [0.2, 0.25) is 0 Å². The van der Waals surface area contributed by atoms with Gasteiger partial charge in [0.25, 0.3) is 0 Å². The van der Waals surface area contributed by atoms with Crippen LogP contribution in [-0.2, 0) is 11.3 Å². The monoisotopic (exact) mass is 316 g/mol. The van der Waals surface area contributed by atoms with E-state index in [0.717, 1.165) is 44.3 Å². The summed E-state index contributed by atoms with van der Waals surface area (Å²) in [5, 5.41) is 10.7. The topological polar surface area (TPSA) is 41.5 Å². The maximum absolute atomic E-state index is 6.00. The van der Waals surface area contributed by atoms with Gasteiger partial charge in [-0.3, -0.25) is 4.90 Å². The van der Waals surface area contributed by atoms with Gasteiger partial charge in [-0.2, -0.15) is 5.10 Å². The van der Waals surface area contributed by atoms with E-state index in [4.69, 9.17) is 4.74 Å². The van der Waals surface area contributed by atoms with E-state index in [1.54, 1.807) is 0 Å². The maximum Gasteiger partial charge on any atom is 0.151 e. The fraction of sp³-hybridized carbons (Fsp3) is 0.500. The van der Waals surface area contributed by atoms with Gasteiger partial charge in [0, 0.05) is 31.1 Å². The predicted molar refractivity (Wildman–Crippen MR) is 87.2 cm³/mol.